The van der Waals surface area contributed by atoms with Crippen LogP contribution in [0.3, 0.4) is 0 Å². The molecule has 0 amide bonds. The highest BCUT2D eigenvalue weighted by atomic mass is 16.3. The molecule has 1 saturated heterocycles. The smallest absolute Gasteiger partial charge is 0.280 e. The zero-order valence-electron chi connectivity index (χ0n) is 9.95. The minimum Gasteiger partial charge on any atom is -0.390 e. The number of β-amino-alcohol motifs (C(OH)–C–C–N with tert-alkyl or cyclic N) is 2. The predicted octanol–water partition coefficient (Wildman–Crippen LogP) is -2.43. The van der Waals surface area contributed by atoms with E-state index in [9.17, 15) is 15.0 Å². The van der Waals surface area contributed by atoms with E-state index in [2.05, 4.69) is 20.3 Å². The van der Waals surface area contributed by atoms with Crippen LogP contribution in [0.2, 0.25) is 0 Å². The summed E-state index contributed by atoms with van der Waals surface area (Å²) in [6, 6.07) is -0.611. The average Bonchev–Trinajstić information content (AvgIpc) is 2.73. The van der Waals surface area contributed by atoms with E-state index in [1.165, 1.54) is 10.9 Å². The van der Waals surface area contributed by atoms with Crippen LogP contribution in [0.4, 0.5) is 5.95 Å². The van der Waals surface area contributed by atoms with Crippen LogP contribution in [0.25, 0.3) is 11.2 Å². The van der Waals surface area contributed by atoms with E-state index < -0.39 is 23.8 Å². The summed E-state index contributed by atoms with van der Waals surface area (Å²) in [6.07, 6.45) is -0.221. The van der Waals surface area contributed by atoms with Gasteiger partial charge in [-0.05, 0) is 0 Å². The fourth-order valence-corrected chi connectivity index (χ4v) is 2.41. The van der Waals surface area contributed by atoms with Crippen molar-refractivity contribution >= 4 is 17.1 Å². The molecule has 2 aromatic heterocycles. The molecule has 1 fully saturated rings. The molecule has 3 rings (SSSR count). The van der Waals surface area contributed by atoms with Crippen LogP contribution >= 0.6 is 0 Å². The van der Waals surface area contributed by atoms with Crippen molar-refractivity contribution in [2.24, 2.45) is 0 Å². The molecule has 9 heteroatoms. The third-order valence-corrected chi connectivity index (χ3v) is 3.27. The molecule has 3 atom stereocenters. The lowest BCUT2D eigenvalue weighted by atomic mass is 10.0. The van der Waals surface area contributed by atoms with E-state index >= 15 is 0 Å². The first kappa shape index (κ1) is 12.1. The number of piperidine rings is 1. The van der Waals surface area contributed by atoms with Crippen molar-refractivity contribution in [3.8, 4) is 0 Å². The van der Waals surface area contributed by atoms with E-state index in [1.54, 1.807) is 0 Å². The lowest BCUT2D eigenvalue weighted by molar-refractivity contribution is -0.00249. The van der Waals surface area contributed by atoms with Crippen LogP contribution in [0.15, 0.2) is 11.1 Å². The molecular weight excluding hydrogens is 252 g/mol. The summed E-state index contributed by atoms with van der Waals surface area (Å²) < 4.78 is 1.50. The molecule has 19 heavy (non-hydrogen) atoms. The van der Waals surface area contributed by atoms with Gasteiger partial charge in [-0.1, -0.05) is 0 Å². The van der Waals surface area contributed by atoms with Crippen molar-refractivity contribution in [2.45, 2.75) is 18.2 Å². The standard InChI is InChI=1S/C10H14N6O3/c11-10-14-8-6(9(19)15-10)13-3-16(8)7-4(17)1-12-2-5(7)18/h3-5,7,12,17-18H,1-2H2,(H3,11,14,15,19)/t4-,5+,7?. The Morgan fingerprint density at radius 3 is 2.74 bits per heavy atom. The van der Waals surface area contributed by atoms with Gasteiger partial charge in [-0.3, -0.25) is 9.78 Å². The number of nitrogens with two attached hydrogens (primary N) is 1. The zero-order valence-corrected chi connectivity index (χ0v) is 9.95. The molecule has 0 spiro atoms. The number of imidazole rings is 1. The van der Waals surface area contributed by atoms with Crippen molar-refractivity contribution in [2.75, 3.05) is 18.8 Å². The second-order valence-electron chi connectivity index (χ2n) is 4.56. The number of aromatic nitrogens is 4. The Hall–Kier alpha value is -1.97. The van der Waals surface area contributed by atoms with Gasteiger partial charge in [0.05, 0.1) is 24.6 Å². The van der Waals surface area contributed by atoms with Crippen LogP contribution in [0.1, 0.15) is 6.04 Å². The molecule has 2 aromatic rings. The third kappa shape index (κ3) is 1.87. The zero-order chi connectivity index (χ0) is 13.6. The monoisotopic (exact) mass is 266 g/mol. The van der Waals surface area contributed by atoms with Gasteiger partial charge in [-0.25, -0.2) is 4.98 Å². The molecule has 9 nitrogen and oxygen atoms in total. The van der Waals surface area contributed by atoms with Gasteiger partial charge in [0.15, 0.2) is 11.2 Å². The van der Waals surface area contributed by atoms with Gasteiger partial charge in [0.25, 0.3) is 5.56 Å². The van der Waals surface area contributed by atoms with Crippen molar-refractivity contribution in [3.05, 3.63) is 16.7 Å². The predicted molar refractivity (Wildman–Crippen MR) is 66.5 cm³/mol. The SMILES string of the molecule is Nc1nc2c(ncn2C2[C@H](O)CNC[C@@H]2O)c(=O)[nH]1. The Balaban J connectivity index is 2.17. The number of aliphatic hydroxyl groups is 2. The maximum atomic E-state index is 11.7. The molecule has 1 unspecified atom stereocenters. The molecule has 3 heterocycles. The normalized spacial score (nSPS) is 27.8. The number of hydrogen-bond acceptors (Lipinski definition) is 7. The minimum absolute atomic E-state index is 0.0304. The molecule has 0 bridgehead atoms. The molecule has 0 aromatic carbocycles. The number of anilines is 1. The van der Waals surface area contributed by atoms with Gasteiger partial charge in [0, 0.05) is 13.1 Å². The second kappa shape index (κ2) is 4.30. The van der Waals surface area contributed by atoms with Crippen molar-refractivity contribution in [1.82, 2.24) is 24.8 Å². The van der Waals surface area contributed by atoms with Gasteiger partial charge >= 0.3 is 0 Å². The molecule has 1 aliphatic heterocycles. The number of aromatic amines is 1. The fourth-order valence-electron chi connectivity index (χ4n) is 2.41. The Morgan fingerprint density at radius 2 is 2.05 bits per heavy atom. The number of fused-ring (bicyclic) bond motifs is 1. The number of nitrogens with one attached hydrogen (secondary N) is 2. The summed E-state index contributed by atoms with van der Waals surface area (Å²) in [5.41, 5.74) is 5.45. The maximum Gasteiger partial charge on any atom is 0.280 e. The topological polar surface area (TPSA) is 142 Å². The van der Waals surface area contributed by atoms with Crippen molar-refractivity contribution in [1.29, 1.82) is 0 Å². The van der Waals surface area contributed by atoms with Gasteiger partial charge in [-0.15, -0.1) is 0 Å². The number of nitrogens with zero attached hydrogens (tertiary/aromatic N) is 3. The number of H-pyrrole nitrogens is 1. The second-order valence-corrected chi connectivity index (χ2v) is 4.56. The average molecular weight is 266 g/mol. The summed E-state index contributed by atoms with van der Waals surface area (Å²) in [4.78, 5) is 22.0. The van der Waals surface area contributed by atoms with Crippen LogP contribution in [0, 0.1) is 0 Å². The third-order valence-electron chi connectivity index (χ3n) is 3.27. The first-order chi connectivity index (χ1) is 9.08. The van der Waals surface area contributed by atoms with Crippen molar-refractivity contribution in [3.63, 3.8) is 0 Å². The largest absolute Gasteiger partial charge is 0.390 e. The lowest BCUT2D eigenvalue weighted by Crippen LogP contribution is -2.50. The van der Waals surface area contributed by atoms with Crippen LogP contribution in [-0.2, 0) is 0 Å². The summed E-state index contributed by atoms with van der Waals surface area (Å²) in [5.74, 6) is -0.0304. The minimum atomic E-state index is -0.802. The van der Waals surface area contributed by atoms with Gasteiger partial charge in [-0.2, -0.15) is 4.98 Å². The van der Waals surface area contributed by atoms with Crippen LogP contribution in [-0.4, -0.2) is 55.0 Å². The summed E-state index contributed by atoms with van der Waals surface area (Å²) >= 11 is 0. The van der Waals surface area contributed by atoms with E-state index in [-0.39, 0.29) is 17.1 Å². The number of aliphatic hydroxyl groups excluding tert-OH is 2. The number of rotatable bonds is 1. The summed E-state index contributed by atoms with van der Waals surface area (Å²) in [6.45, 7) is 0.695. The molecular formula is C10H14N6O3. The summed E-state index contributed by atoms with van der Waals surface area (Å²) in [7, 11) is 0. The molecule has 0 radical (unpaired) electrons. The fraction of sp³-hybridized carbons (Fsp3) is 0.500. The Kier molecular flexibility index (Phi) is 2.73. The van der Waals surface area contributed by atoms with Crippen molar-refractivity contribution < 1.29 is 10.2 Å². The Morgan fingerprint density at radius 1 is 1.37 bits per heavy atom. The molecule has 102 valence electrons. The highest BCUT2D eigenvalue weighted by Gasteiger charge is 2.33. The van der Waals surface area contributed by atoms with E-state index in [0.29, 0.717) is 13.1 Å². The Bertz CT molecular complexity index is 655. The first-order valence-electron chi connectivity index (χ1n) is 5.87. The highest BCUT2D eigenvalue weighted by molar-refractivity contribution is 5.70. The van der Waals surface area contributed by atoms with E-state index in [0.717, 1.165) is 0 Å². The number of hydrogen-bond donors (Lipinski definition) is 5. The maximum absolute atomic E-state index is 11.7. The van der Waals surface area contributed by atoms with Crippen LogP contribution < -0.4 is 16.6 Å². The van der Waals surface area contributed by atoms with Crippen LogP contribution in [0.5, 0.6) is 0 Å². The number of nitrogen functional groups attached to an aromatic ring is 1. The highest BCUT2D eigenvalue weighted by Crippen LogP contribution is 2.23. The van der Waals surface area contributed by atoms with Gasteiger partial charge < -0.3 is 25.8 Å². The molecule has 0 saturated carbocycles. The lowest BCUT2D eigenvalue weighted by Gasteiger charge is -2.33. The molecule has 6 N–H and O–H groups in total. The molecule has 1 aliphatic rings. The van der Waals surface area contributed by atoms with E-state index in [4.69, 9.17) is 5.73 Å². The first-order valence-corrected chi connectivity index (χ1v) is 5.87. The van der Waals surface area contributed by atoms with Gasteiger partial charge in [0.1, 0.15) is 0 Å². The molecule has 0 aliphatic carbocycles. The quantitative estimate of drug-likeness (QED) is 0.386. The Labute approximate surface area is 107 Å². The van der Waals surface area contributed by atoms with Gasteiger partial charge in [0.2, 0.25) is 5.95 Å². The van der Waals surface area contributed by atoms with E-state index in [1.807, 2.05) is 0 Å². The summed E-state index contributed by atoms with van der Waals surface area (Å²) in [5, 5.41) is 22.9.